The van der Waals surface area contributed by atoms with Crippen molar-refractivity contribution in [3.05, 3.63) is 90.1 Å². The molecule has 2 N–H and O–H groups in total. The van der Waals surface area contributed by atoms with Gasteiger partial charge in [-0.3, -0.25) is 19.2 Å². The van der Waals surface area contributed by atoms with Gasteiger partial charge < -0.3 is 10.6 Å². The summed E-state index contributed by atoms with van der Waals surface area (Å²) in [6, 6.07) is 12.0. The highest BCUT2D eigenvalue weighted by Gasteiger charge is 2.34. The molecule has 152 valence electrons. The zero-order chi connectivity index (χ0) is 22.0. The van der Waals surface area contributed by atoms with Gasteiger partial charge in [0.05, 0.1) is 8.96 Å². The summed E-state index contributed by atoms with van der Waals surface area (Å²) in [6.45, 7) is 0. The van der Waals surface area contributed by atoms with Crippen molar-refractivity contribution in [2.75, 3.05) is 0 Å². The number of halogens is 4. The van der Waals surface area contributed by atoms with Gasteiger partial charge in [0.15, 0.2) is 0 Å². The molecule has 0 radical (unpaired) electrons. The van der Waals surface area contributed by atoms with E-state index in [-0.39, 0.29) is 31.5 Å². The van der Waals surface area contributed by atoms with E-state index in [9.17, 15) is 19.2 Å². The monoisotopic (exact) mass is 570 g/mol. The molecule has 30 heavy (non-hydrogen) atoms. The van der Waals surface area contributed by atoms with E-state index in [4.69, 9.17) is 23.2 Å². The minimum atomic E-state index is -0.685. The number of benzene rings is 2. The van der Waals surface area contributed by atoms with Crippen LogP contribution in [0.25, 0.3) is 0 Å². The van der Waals surface area contributed by atoms with Crippen LogP contribution in [0.2, 0.25) is 10.0 Å². The van der Waals surface area contributed by atoms with Gasteiger partial charge in [-0.2, -0.15) is 0 Å². The Morgan fingerprint density at radius 1 is 0.633 bits per heavy atom. The van der Waals surface area contributed by atoms with Gasteiger partial charge in [0, 0.05) is 21.2 Å². The average Bonchev–Trinajstić information content (AvgIpc) is 2.73. The molecule has 3 rings (SSSR count). The van der Waals surface area contributed by atoms with E-state index < -0.39 is 23.4 Å². The number of hydrogen-bond donors (Lipinski definition) is 2. The van der Waals surface area contributed by atoms with Crippen LogP contribution in [0.3, 0.4) is 0 Å². The van der Waals surface area contributed by atoms with Crippen LogP contribution >= 0.6 is 55.1 Å². The first-order valence-corrected chi connectivity index (χ1v) is 10.6. The topological polar surface area (TPSA) is 92.3 Å². The summed E-state index contributed by atoms with van der Waals surface area (Å²) < 4.78 is -0.381. The Labute approximate surface area is 197 Å². The van der Waals surface area contributed by atoms with E-state index in [1.54, 1.807) is 0 Å². The molecule has 0 unspecified atom stereocenters. The summed E-state index contributed by atoms with van der Waals surface area (Å²) in [5.41, 5.74) is -0.0172. The predicted octanol–water partition coefficient (Wildman–Crippen LogP) is 4.52. The third kappa shape index (κ3) is 4.73. The minimum Gasteiger partial charge on any atom is -0.318 e. The number of Topliss-reactive ketones (excluding diaryl/α,β-unsaturated/α-hetero) is 2. The Balaban J connectivity index is 1.82. The Bertz CT molecular complexity index is 1050. The fraction of sp³-hybridized carbons (Fsp3) is 0. The molecule has 0 aromatic heterocycles. The van der Waals surface area contributed by atoms with Crippen LogP contribution in [0, 0.1) is 0 Å². The number of amides is 2. The highest BCUT2D eigenvalue weighted by atomic mass is 79.9. The van der Waals surface area contributed by atoms with Gasteiger partial charge in [0.2, 0.25) is 11.6 Å². The lowest BCUT2D eigenvalue weighted by atomic mass is 10.0. The van der Waals surface area contributed by atoms with Crippen LogP contribution in [-0.2, 0) is 9.59 Å². The van der Waals surface area contributed by atoms with E-state index in [1.165, 1.54) is 48.5 Å². The van der Waals surface area contributed by atoms with Gasteiger partial charge in [-0.1, -0.05) is 23.2 Å². The summed E-state index contributed by atoms with van der Waals surface area (Å²) in [5, 5.41) is 5.72. The molecule has 0 fully saturated rings. The molecule has 10 heteroatoms. The number of hydrogen-bond acceptors (Lipinski definition) is 4. The van der Waals surface area contributed by atoms with E-state index in [0.29, 0.717) is 10.0 Å². The van der Waals surface area contributed by atoms with Crippen LogP contribution in [0.1, 0.15) is 20.7 Å². The second-order valence-corrected chi connectivity index (χ2v) is 8.42. The maximum Gasteiger partial charge on any atom is 0.255 e. The van der Waals surface area contributed by atoms with Crippen molar-refractivity contribution in [2.45, 2.75) is 0 Å². The quantitative estimate of drug-likeness (QED) is 0.527. The standard InChI is InChI=1S/C20H10Br2Cl2N2O4/c21-13-15(25-19(29)9-1-5-11(23)6-2-9)17(27)14(22)16(18(13)28)26-20(30)10-3-7-12(24)8-4-10/h1-8H,(H,25,29)(H,26,30). The van der Waals surface area contributed by atoms with Crippen LogP contribution in [0.15, 0.2) is 68.9 Å². The predicted molar refractivity (Wildman–Crippen MR) is 120 cm³/mol. The summed E-state index contributed by atoms with van der Waals surface area (Å²) in [7, 11) is 0. The van der Waals surface area contributed by atoms with Gasteiger partial charge in [-0.15, -0.1) is 0 Å². The van der Waals surface area contributed by atoms with Crippen molar-refractivity contribution < 1.29 is 19.2 Å². The molecule has 6 nitrogen and oxygen atoms in total. The van der Waals surface area contributed by atoms with Gasteiger partial charge in [0.25, 0.3) is 11.8 Å². The zero-order valence-electron chi connectivity index (χ0n) is 14.8. The second kappa shape index (κ2) is 9.26. The van der Waals surface area contributed by atoms with Crippen molar-refractivity contribution in [2.24, 2.45) is 0 Å². The lowest BCUT2D eigenvalue weighted by Gasteiger charge is -2.19. The van der Waals surface area contributed by atoms with Crippen LogP contribution in [0.5, 0.6) is 0 Å². The normalized spacial score (nSPS) is 14.1. The van der Waals surface area contributed by atoms with Gasteiger partial charge in [-0.05, 0) is 80.4 Å². The largest absolute Gasteiger partial charge is 0.318 e. The van der Waals surface area contributed by atoms with Crippen molar-refractivity contribution in [3.63, 3.8) is 0 Å². The lowest BCUT2D eigenvalue weighted by molar-refractivity contribution is -0.115. The molecule has 0 bridgehead atoms. The zero-order valence-corrected chi connectivity index (χ0v) is 19.4. The minimum absolute atomic E-state index is 0.190. The van der Waals surface area contributed by atoms with Crippen molar-refractivity contribution in [1.82, 2.24) is 10.6 Å². The first-order valence-electron chi connectivity index (χ1n) is 8.22. The van der Waals surface area contributed by atoms with Crippen molar-refractivity contribution >= 4 is 78.4 Å². The van der Waals surface area contributed by atoms with E-state index in [1.807, 2.05) is 0 Å². The summed E-state index contributed by atoms with van der Waals surface area (Å²) in [4.78, 5) is 50.3. The number of ketones is 2. The smallest absolute Gasteiger partial charge is 0.255 e. The second-order valence-electron chi connectivity index (χ2n) is 5.96. The molecule has 2 aromatic rings. The van der Waals surface area contributed by atoms with Crippen LogP contribution < -0.4 is 10.6 Å². The third-order valence-corrected chi connectivity index (χ3v) is 6.00. The van der Waals surface area contributed by atoms with E-state index >= 15 is 0 Å². The molecule has 1 aliphatic carbocycles. The first-order chi connectivity index (χ1) is 14.2. The molecule has 0 spiro atoms. The van der Waals surface area contributed by atoms with Gasteiger partial charge in [-0.25, -0.2) is 0 Å². The molecule has 0 saturated heterocycles. The number of carbonyl (C=O) groups excluding carboxylic acids is 4. The Kier molecular flexibility index (Phi) is 6.92. The first kappa shape index (κ1) is 22.4. The molecule has 1 aliphatic rings. The van der Waals surface area contributed by atoms with Gasteiger partial charge >= 0.3 is 0 Å². The van der Waals surface area contributed by atoms with E-state index in [0.717, 1.165) is 0 Å². The van der Waals surface area contributed by atoms with Gasteiger partial charge in [0.1, 0.15) is 11.4 Å². The molecule has 0 atom stereocenters. The number of carbonyl (C=O) groups is 4. The highest BCUT2D eigenvalue weighted by molar-refractivity contribution is 9.12. The fourth-order valence-electron chi connectivity index (χ4n) is 2.44. The number of nitrogens with one attached hydrogen (secondary N) is 2. The van der Waals surface area contributed by atoms with Crippen LogP contribution in [0.4, 0.5) is 0 Å². The lowest BCUT2D eigenvalue weighted by Crippen LogP contribution is -2.37. The maximum absolute atomic E-state index is 12.7. The molecule has 0 heterocycles. The van der Waals surface area contributed by atoms with E-state index in [2.05, 4.69) is 42.5 Å². The molecule has 2 aromatic carbocycles. The molecule has 0 aliphatic heterocycles. The van der Waals surface area contributed by atoms with Crippen molar-refractivity contribution in [1.29, 1.82) is 0 Å². The van der Waals surface area contributed by atoms with Crippen LogP contribution in [-0.4, -0.2) is 23.4 Å². The molecular weight excluding hydrogens is 563 g/mol. The number of rotatable bonds is 4. The summed E-state index contributed by atoms with van der Waals surface area (Å²) in [6.07, 6.45) is 0. The molecule has 0 saturated carbocycles. The Hall–Kier alpha value is -2.26. The third-order valence-electron chi connectivity index (χ3n) is 3.98. The maximum atomic E-state index is 12.7. The Morgan fingerprint density at radius 2 is 0.933 bits per heavy atom. The SMILES string of the molecule is O=C1C(Br)=C(NC(=O)c2ccc(Cl)cc2)C(=O)C(Br)=C1NC(=O)c1ccc(Cl)cc1. The molecular formula is C20H10Br2Cl2N2O4. The summed E-state index contributed by atoms with van der Waals surface area (Å²) in [5.74, 6) is -2.58. The fourth-order valence-corrected chi connectivity index (χ4v) is 3.65. The number of allylic oxidation sites excluding steroid dienone is 2. The highest BCUT2D eigenvalue weighted by Crippen LogP contribution is 2.29. The van der Waals surface area contributed by atoms with Crippen molar-refractivity contribution in [3.8, 4) is 0 Å². The molecule has 2 amide bonds. The summed E-state index contributed by atoms with van der Waals surface area (Å²) >= 11 is 17.7. The average molecular weight is 573 g/mol. The Morgan fingerprint density at radius 3 is 1.23 bits per heavy atom.